The number of nitrogens with zero attached hydrogens (tertiary/aromatic N) is 1. The molecule has 0 aliphatic carbocycles. The molecule has 2 atom stereocenters. The molecule has 9 heteroatoms. The summed E-state index contributed by atoms with van der Waals surface area (Å²) in [6, 6.07) is 9.26. The molecule has 2 rings (SSSR count). The average molecular weight is 503 g/mol. The molecule has 0 radical (unpaired) electrons. The van der Waals surface area contributed by atoms with Crippen LogP contribution in [0.15, 0.2) is 36.4 Å². The zero-order valence-corrected chi connectivity index (χ0v) is 17.9. The number of ketones is 1. The van der Waals surface area contributed by atoms with E-state index in [1.165, 1.54) is 39.5 Å². The van der Waals surface area contributed by atoms with Crippen molar-refractivity contribution in [2.24, 2.45) is 0 Å². The summed E-state index contributed by atoms with van der Waals surface area (Å²) in [5.74, 6) is 0.890. The molecule has 0 heterocycles. The Morgan fingerprint density at radius 3 is 2.07 bits per heavy atom. The first-order valence-electron chi connectivity index (χ1n) is 7.71. The molecule has 0 saturated carbocycles. The predicted octanol–water partition coefficient (Wildman–Crippen LogP) is 4.70. The van der Waals surface area contributed by atoms with E-state index in [1.807, 2.05) is 0 Å². The molecule has 0 aliphatic heterocycles. The minimum Gasteiger partial charge on any atom is -0.493 e. The number of nitro benzene ring substituents is 1. The van der Waals surface area contributed by atoms with Gasteiger partial charge in [0, 0.05) is 6.07 Å². The number of hydrogen-bond acceptors (Lipinski definition) is 6. The van der Waals surface area contributed by atoms with Gasteiger partial charge in [-0.05, 0) is 23.8 Å². The Balaban J connectivity index is 2.41. The number of Topliss-reactive ketones (excluding diaryl/α,β-unsaturated/α-hetero) is 1. The lowest BCUT2D eigenvalue weighted by atomic mass is 10.0. The second-order valence-corrected chi connectivity index (χ2v) is 7.37. The van der Waals surface area contributed by atoms with Crippen LogP contribution in [0.1, 0.15) is 20.7 Å². The second kappa shape index (κ2) is 9.18. The van der Waals surface area contributed by atoms with E-state index in [0.717, 1.165) is 0 Å². The first-order valence-corrected chi connectivity index (χ1v) is 9.54. The summed E-state index contributed by atoms with van der Waals surface area (Å²) in [5.41, 5.74) is 0.469. The molecule has 0 saturated heterocycles. The van der Waals surface area contributed by atoms with Crippen molar-refractivity contribution in [2.45, 2.75) is 9.65 Å². The summed E-state index contributed by atoms with van der Waals surface area (Å²) >= 11 is 6.86. The van der Waals surface area contributed by atoms with Crippen molar-refractivity contribution in [3.8, 4) is 17.2 Å². The van der Waals surface area contributed by atoms with E-state index in [-0.39, 0.29) is 11.3 Å². The lowest BCUT2D eigenvalue weighted by Crippen LogP contribution is -2.20. The lowest BCUT2D eigenvalue weighted by molar-refractivity contribution is -0.385. The molecule has 27 heavy (non-hydrogen) atoms. The summed E-state index contributed by atoms with van der Waals surface area (Å²) < 4.78 is 16.0. The highest BCUT2D eigenvalue weighted by atomic mass is 79.9. The van der Waals surface area contributed by atoms with E-state index in [9.17, 15) is 14.9 Å². The van der Waals surface area contributed by atoms with Crippen molar-refractivity contribution in [1.82, 2.24) is 0 Å². The fraction of sp³-hybridized carbons (Fsp3) is 0.278. The van der Waals surface area contributed by atoms with Gasteiger partial charge in [0.1, 0.15) is 0 Å². The zero-order chi connectivity index (χ0) is 20.1. The van der Waals surface area contributed by atoms with Crippen molar-refractivity contribution in [3.05, 3.63) is 57.6 Å². The maximum atomic E-state index is 12.8. The Morgan fingerprint density at radius 2 is 1.59 bits per heavy atom. The van der Waals surface area contributed by atoms with Gasteiger partial charge in [-0.1, -0.05) is 44.0 Å². The van der Waals surface area contributed by atoms with E-state index in [4.69, 9.17) is 14.2 Å². The topological polar surface area (TPSA) is 87.9 Å². The number of carbonyl (C=O) groups excluding carboxylic acids is 1. The first-order chi connectivity index (χ1) is 12.8. The van der Waals surface area contributed by atoms with Gasteiger partial charge in [-0.2, -0.15) is 0 Å². The van der Waals surface area contributed by atoms with Crippen LogP contribution in [0.2, 0.25) is 0 Å². The summed E-state index contributed by atoms with van der Waals surface area (Å²) in [6.07, 6.45) is 0. The summed E-state index contributed by atoms with van der Waals surface area (Å²) in [7, 11) is 4.49. The molecule has 7 nitrogen and oxygen atoms in total. The Kier molecular flexibility index (Phi) is 7.20. The minimum atomic E-state index is -0.763. The van der Waals surface area contributed by atoms with E-state index >= 15 is 0 Å². The van der Waals surface area contributed by atoms with Gasteiger partial charge in [-0.3, -0.25) is 14.9 Å². The van der Waals surface area contributed by atoms with Crippen molar-refractivity contribution in [1.29, 1.82) is 0 Å². The number of alkyl halides is 2. The van der Waals surface area contributed by atoms with Gasteiger partial charge in [0.05, 0.1) is 41.5 Å². The normalized spacial score (nSPS) is 12.8. The number of rotatable bonds is 8. The van der Waals surface area contributed by atoms with Crippen LogP contribution >= 0.6 is 31.9 Å². The van der Waals surface area contributed by atoms with Crippen LogP contribution in [0.25, 0.3) is 0 Å². The van der Waals surface area contributed by atoms with E-state index < -0.39 is 20.4 Å². The van der Waals surface area contributed by atoms with E-state index in [2.05, 4.69) is 31.9 Å². The highest BCUT2D eigenvalue weighted by molar-refractivity contribution is 9.12. The number of ether oxygens (including phenoxy) is 3. The molecule has 144 valence electrons. The quantitative estimate of drug-likeness (QED) is 0.225. The SMILES string of the molecule is COc1cc(C(Br)C(Br)C(=O)c2ccccc2[N+](=O)[O-])cc(OC)c1OC. The molecule has 2 aromatic rings. The molecule has 0 aliphatic rings. The fourth-order valence-corrected chi connectivity index (χ4v) is 3.61. The molecule has 0 amide bonds. The highest BCUT2D eigenvalue weighted by Crippen LogP contribution is 2.43. The van der Waals surface area contributed by atoms with Gasteiger partial charge in [0.2, 0.25) is 5.75 Å². The molecule has 2 aromatic carbocycles. The fourth-order valence-electron chi connectivity index (χ4n) is 2.55. The molecule has 0 bridgehead atoms. The van der Waals surface area contributed by atoms with Crippen molar-refractivity contribution in [3.63, 3.8) is 0 Å². The summed E-state index contributed by atoms with van der Waals surface area (Å²) in [5, 5.41) is 11.2. The molecule has 0 spiro atoms. The van der Waals surface area contributed by atoms with Crippen LogP contribution in [0.5, 0.6) is 17.2 Å². The van der Waals surface area contributed by atoms with Crippen LogP contribution in [0.3, 0.4) is 0 Å². The molecule has 0 fully saturated rings. The molecule has 0 N–H and O–H groups in total. The molecular weight excluding hydrogens is 486 g/mol. The highest BCUT2D eigenvalue weighted by Gasteiger charge is 2.31. The van der Waals surface area contributed by atoms with Gasteiger partial charge in [0.25, 0.3) is 5.69 Å². The Labute approximate surface area is 173 Å². The van der Waals surface area contributed by atoms with Gasteiger partial charge >= 0.3 is 0 Å². The smallest absolute Gasteiger partial charge is 0.280 e. The number of halogens is 2. The zero-order valence-electron chi connectivity index (χ0n) is 14.8. The predicted molar refractivity (Wildman–Crippen MR) is 108 cm³/mol. The Hall–Kier alpha value is -2.13. The number of nitro groups is 1. The number of carbonyl (C=O) groups is 1. The van der Waals surface area contributed by atoms with Gasteiger partial charge in [-0.25, -0.2) is 0 Å². The van der Waals surface area contributed by atoms with Crippen LogP contribution < -0.4 is 14.2 Å². The lowest BCUT2D eigenvalue weighted by Gasteiger charge is -2.19. The first kappa shape index (κ1) is 21.2. The largest absolute Gasteiger partial charge is 0.493 e. The summed E-state index contributed by atoms with van der Waals surface area (Å²) in [4.78, 5) is 22.2. The van der Waals surface area contributed by atoms with Gasteiger partial charge < -0.3 is 14.2 Å². The maximum absolute atomic E-state index is 12.8. The number of methoxy groups -OCH3 is 3. The minimum absolute atomic E-state index is 0.0290. The Bertz CT molecular complexity index is 832. The van der Waals surface area contributed by atoms with Gasteiger partial charge in [-0.15, -0.1) is 0 Å². The third-order valence-electron chi connectivity index (χ3n) is 3.88. The monoisotopic (exact) mass is 501 g/mol. The number of para-hydroxylation sites is 1. The average Bonchev–Trinajstić information content (AvgIpc) is 2.70. The summed E-state index contributed by atoms with van der Waals surface area (Å²) in [6.45, 7) is 0. The van der Waals surface area contributed by atoms with Crippen LogP contribution in [-0.4, -0.2) is 36.9 Å². The van der Waals surface area contributed by atoms with Crippen molar-refractivity contribution >= 4 is 43.3 Å². The van der Waals surface area contributed by atoms with E-state index in [0.29, 0.717) is 22.8 Å². The molecular formula is C18H17Br2NO6. The van der Waals surface area contributed by atoms with Crippen molar-refractivity contribution < 1.29 is 23.9 Å². The third-order valence-corrected chi connectivity index (χ3v) is 6.59. The van der Waals surface area contributed by atoms with E-state index in [1.54, 1.807) is 18.2 Å². The standard InChI is InChI=1S/C18H17Br2NO6/c1-25-13-8-10(9-14(26-2)18(13)27-3)15(19)16(20)17(22)11-6-4-5-7-12(11)21(23)24/h4-9,15-16H,1-3H3. The molecule has 2 unspecified atom stereocenters. The van der Waals surface area contributed by atoms with Crippen molar-refractivity contribution in [2.75, 3.05) is 21.3 Å². The number of benzene rings is 2. The number of hydrogen-bond donors (Lipinski definition) is 0. The van der Waals surface area contributed by atoms with Gasteiger partial charge in [0.15, 0.2) is 17.3 Å². The van der Waals surface area contributed by atoms with Crippen LogP contribution in [-0.2, 0) is 0 Å². The Morgan fingerprint density at radius 1 is 1.04 bits per heavy atom. The molecule has 0 aromatic heterocycles. The van der Waals surface area contributed by atoms with Crippen LogP contribution in [0.4, 0.5) is 5.69 Å². The van der Waals surface area contributed by atoms with Crippen LogP contribution in [0, 0.1) is 10.1 Å². The second-order valence-electron chi connectivity index (χ2n) is 5.40. The third kappa shape index (κ3) is 4.41. The maximum Gasteiger partial charge on any atom is 0.280 e.